The number of rotatable bonds is 7. The quantitative estimate of drug-likeness (QED) is 0.603. The number of ether oxygens (including phenoxy) is 1. The van der Waals surface area contributed by atoms with Crippen molar-refractivity contribution >= 4 is 11.8 Å². The number of hydrogen-bond donors (Lipinski definition) is 1. The highest BCUT2D eigenvalue weighted by atomic mass is 16.5. The Morgan fingerprint density at radius 1 is 1.24 bits per heavy atom. The van der Waals surface area contributed by atoms with E-state index in [9.17, 15) is 9.59 Å². The van der Waals surface area contributed by atoms with Gasteiger partial charge in [-0.25, -0.2) is 0 Å². The summed E-state index contributed by atoms with van der Waals surface area (Å²) in [7, 11) is 0. The van der Waals surface area contributed by atoms with Crippen molar-refractivity contribution in [1.82, 2.24) is 4.90 Å². The standard InChI is InChI=1S/C16H21NO4/c1-16(13-6-3-2-4-7-13)12-14(19)17(15(16)20)8-5-10-21-11-9-18/h2-4,6-7,18H,5,8-12H2,1H3. The highest BCUT2D eigenvalue weighted by molar-refractivity contribution is 6.08. The lowest BCUT2D eigenvalue weighted by atomic mass is 9.81. The molecule has 1 saturated heterocycles. The maximum absolute atomic E-state index is 12.6. The van der Waals surface area contributed by atoms with E-state index in [2.05, 4.69) is 0 Å². The SMILES string of the molecule is CC1(c2ccccc2)CC(=O)N(CCCOCCO)C1=O. The van der Waals surface area contributed by atoms with Crippen LogP contribution in [0.25, 0.3) is 0 Å². The molecule has 1 heterocycles. The molecule has 1 fully saturated rings. The first-order valence-corrected chi connectivity index (χ1v) is 7.18. The van der Waals surface area contributed by atoms with Crippen LogP contribution in [0.3, 0.4) is 0 Å². The number of carbonyl (C=O) groups is 2. The highest BCUT2D eigenvalue weighted by Gasteiger charge is 2.48. The second-order valence-electron chi connectivity index (χ2n) is 5.41. The molecule has 0 bridgehead atoms. The summed E-state index contributed by atoms with van der Waals surface area (Å²) in [5, 5.41) is 8.61. The molecule has 114 valence electrons. The fourth-order valence-electron chi connectivity index (χ4n) is 2.63. The van der Waals surface area contributed by atoms with Crippen molar-refractivity contribution in [1.29, 1.82) is 0 Å². The summed E-state index contributed by atoms with van der Waals surface area (Å²) in [6.07, 6.45) is 0.801. The van der Waals surface area contributed by atoms with Crippen molar-refractivity contribution in [2.45, 2.75) is 25.2 Å². The Bertz CT molecular complexity index is 502. The second kappa shape index (κ2) is 6.83. The lowest BCUT2D eigenvalue weighted by molar-refractivity contribution is -0.139. The molecule has 1 unspecified atom stereocenters. The summed E-state index contributed by atoms with van der Waals surface area (Å²) < 4.78 is 5.15. The monoisotopic (exact) mass is 291 g/mol. The number of carbonyl (C=O) groups excluding carboxylic acids is 2. The number of hydrogen-bond acceptors (Lipinski definition) is 4. The Hall–Kier alpha value is -1.72. The first-order valence-electron chi connectivity index (χ1n) is 7.18. The second-order valence-corrected chi connectivity index (χ2v) is 5.41. The normalized spacial score (nSPS) is 22.1. The van der Waals surface area contributed by atoms with Gasteiger partial charge in [0.05, 0.1) is 18.6 Å². The number of nitrogens with zero attached hydrogens (tertiary/aromatic N) is 1. The van der Waals surface area contributed by atoms with Gasteiger partial charge in [0.1, 0.15) is 0 Å². The summed E-state index contributed by atoms with van der Waals surface area (Å²) in [5.74, 6) is -0.269. The van der Waals surface area contributed by atoms with E-state index in [0.29, 0.717) is 19.6 Å². The van der Waals surface area contributed by atoms with E-state index in [1.54, 1.807) is 0 Å². The van der Waals surface area contributed by atoms with E-state index < -0.39 is 5.41 Å². The highest BCUT2D eigenvalue weighted by Crippen LogP contribution is 2.36. The zero-order chi connectivity index (χ0) is 15.3. The van der Waals surface area contributed by atoms with Gasteiger partial charge in [-0.3, -0.25) is 14.5 Å². The average Bonchev–Trinajstić information content (AvgIpc) is 2.72. The zero-order valence-corrected chi connectivity index (χ0v) is 12.2. The van der Waals surface area contributed by atoms with Crippen molar-refractivity contribution in [3.05, 3.63) is 35.9 Å². The molecule has 0 aliphatic carbocycles. The molecule has 0 saturated carbocycles. The Labute approximate surface area is 124 Å². The first-order chi connectivity index (χ1) is 10.1. The number of imide groups is 1. The average molecular weight is 291 g/mol. The topological polar surface area (TPSA) is 66.8 Å². The molecule has 21 heavy (non-hydrogen) atoms. The van der Waals surface area contributed by atoms with Crippen LogP contribution in [0.15, 0.2) is 30.3 Å². The molecule has 1 N–H and O–H groups in total. The van der Waals surface area contributed by atoms with Crippen molar-refractivity contribution in [2.75, 3.05) is 26.4 Å². The molecule has 1 aliphatic heterocycles. The Balaban J connectivity index is 2.00. The molecule has 1 aromatic carbocycles. The van der Waals surface area contributed by atoms with Crippen LogP contribution in [-0.2, 0) is 19.7 Å². The van der Waals surface area contributed by atoms with E-state index >= 15 is 0 Å². The van der Waals surface area contributed by atoms with Gasteiger partial charge in [-0.15, -0.1) is 0 Å². The third-order valence-corrected chi connectivity index (χ3v) is 3.84. The zero-order valence-electron chi connectivity index (χ0n) is 12.2. The van der Waals surface area contributed by atoms with E-state index in [4.69, 9.17) is 9.84 Å². The largest absolute Gasteiger partial charge is 0.394 e. The fourth-order valence-corrected chi connectivity index (χ4v) is 2.63. The van der Waals surface area contributed by atoms with Crippen LogP contribution in [0.2, 0.25) is 0 Å². The fraction of sp³-hybridized carbons (Fsp3) is 0.500. The molecular weight excluding hydrogens is 270 g/mol. The first kappa shape index (κ1) is 15.7. The van der Waals surface area contributed by atoms with Gasteiger partial charge in [0.2, 0.25) is 11.8 Å². The predicted octanol–water partition coefficient (Wildman–Crippen LogP) is 1.10. The lowest BCUT2D eigenvalue weighted by Gasteiger charge is -2.22. The van der Waals surface area contributed by atoms with Gasteiger partial charge in [0, 0.05) is 19.6 Å². The van der Waals surface area contributed by atoms with E-state index in [-0.39, 0.29) is 31.4 Å². The summed E-state index contributed by atoms with van der Waals surface area (Å²) in [5.41, 5.74) is 0.118. The molecule has 1 aliphatic rings. The van der Waals surface area contributed by atoms with Crippen LogP contribution in [0.4, 0.5) is 0 Å². The molecule has 0 radical (unpaired) electrons. The molecule has 5 heteroatoms. The number of aliphatic hydroxyl groups is 1. The van der Waals surface area contributed by atoms with Gasteiger partial charge in [-0.2, -0.15) is 0 Å². The van der Waals surface area contributed by atoms with Gasteiger partial charge >= 0.3 is 0 Å². The smallest absolute Gasteiger partial charge is 0.240 e. The van der Waals surface area contributed by atoms with Crippen molar-refractivity contribution in [2.24, 2.45) is 0 Å². The minimum atomic E-state index is -0.760. The molecule has 1 aromatic rings. The molecule has 5 nitrogen and oxygen atoms in total. The third-order valence-electron chi connectivity index (χ3n) is 3.84. The van der Waals surface area contributed by atoms with Crippen LogP contribution in [0, 0.1) is 0 Å². The molecule has 0 aromatic heterocycles. The van der Waals surface area contributed by atoms with Gasteiger partial charge in [-0.05, 0) is 18.9 Å². The van der Waals surface area contributed by atoms with Crippen LogP contribution >= 0.6 is 0 Å². The number of likely N-dealkylation sites (tertiary alicyclic amines) is 1. The minimum absolute atomic E-state index is 0.0202. The van der Waals surface area contributed by atoms with Crippen molar-refractivity contribution < 1.29 is 19.4 Å². The van der Waals surface area contributed by atoms with E-state index in [0.717, 1.165) is 5.56 Å². The Morgan fingerprint density at radius 3 is 2.62 bits per heavy atom. The van der Waals surface area contributed by atoms with Crippen LogP contribution in [0.1, 0.15) is 25.3 Å². The van der Waals surface area contributed by atoms with Crippen molar-refractivity contribution in [3.8, 4) is 0 Å². The molecule has 1 atom stereocenters. The lowest BCUT2D eigenvalue weighted by Crippen LogP contribution is -2.37. The molecular formula is C16H21NO4. The third kappa shape index (κ3) is 3.31. The maximum Gasteiger partial charge on any atom is 0.240 e. The Morgan fingerprint density at radius 2 is 1.95 bits per heavy atom. The number of benzene rings is 1. The van der Waals surface area contributed by atoms with Gasteiger partial charge < -0.3 is 9.84 Å². The molecule has 2 rings (SSSR count). The maximum atomic E-state index is 12.6. The molecule has 0 spiro atoms. The van der Waals surface area contributed by atoms with Crippen LogP contribution < -0.4 is 0 Å². The van der Waals surface area contributed by atoms with Gasteiger partial charge in [0.25, 0.3) is 0 Å². The van der Waals surface area contributed by atoms with E-state index in [1.165, 1.54) is 4.90 Å². The van der Waals surface area contributed by atoms with Gasteiger partial charge in [0.15, 0.2) is 0 Å². The van der Waals surface area contributed by atoms with Gasteiger partial charge in [-0.1, -0.05) is 30.3 Å². The molecule has 2 amide bonds. The Kier molecular flexibility index (Phi) is 5.09. The van der Waals surface area contributed by atoms with Crippen LogP contribution in [0.5, 0.6) is 0 Å². The van der Waals surface area contributed by atoms with Crippen molar-refractivity contribution in [3.63, 3.8) is 0 Å². The summed E-state index contributed by atoms with van der Waals surface area (Å²) in [4.78, 5) is 26.0. The number of amides is 2. The van der Waals surface area contributed by atoms with E-state index in [1.807, 2.05) is 37.3 Å². The predicted molar refractivity (Wildman–Crippen MR) is 77.7 cm³/mol. The summed E-state index contributed by atoms with van der Waals surface area (Å²) >= 11 is 0. The number of aliphatic hydroxyl groups excluding tert-OH is 1. The summed E-state index contributed by atoms with van der Waals surface area (Å²) in [6.45, 7) is 2.88. The van der Waals surface area contributed by atoms with Crippen LogP contribution in [-0.4, -0.2) is 48.2 Å². The summed E-state index contributed by atoms with van der Waals surface area (Å²) in [6, 6.07) is 9.43. The minimum Gasteiger partial charge on any atom is -0.394 e.